The molecule has 1 saturated heterocycles. The largest absolute Gasteiger partial charge is 0.460 e. The molecule has 1 aromatic rings. The molecule has 5 atom stereocenters. The quantitative estimate of drug-likeness (QED) is 0.478. The van der Waals surface area contributed by atoms with E-state index in [0.29, 0.717) is 25.0 Å². The van der Waals surface area contributed by atoms with E-state index in [-0.39, 0.29) is 55.8 Å². The Hall–Kier alpha value is -3.31. The second-order valence-electron chi connectivity index (χ2n) is 10.6. The summed E-state index contributed by atoms with van der Waals surface area (Å²) in [5.41, 5.74) is 0.658. The van der Waals surface area contributed by atoms with E-state index in [2.05, 4.69) is 10.3 Å². The van der Waals surface area contributed by atoms with Crippen LogP contribution in [0.15, 0.2) is 46.6 Å². The Kier molecular flexibility index (Phi) is 11.6. The van der Waals surface area contributed by atoms with E-state index in [1.165, 1.54) is 17.1 Å². The summed E-state index contributed by atoms with van der Waals surface area (Å²) in [4.78, 5) is 44.5. The highest BCUT2D eigenvalue weighted by Gasteiger charge is 2.39. The number of aliphatic hydroxyl groups excluding tert-OH is 2. The van der Waals surface area contributed by atoms with Gasteiger partial charge >= 0.3 is 5.97 Å². The van der Waals surface area contributed by atoms with Crippen LogP contribution in [-0.2, 0) is 20.7 Å². The van der Waals surface area contributed by atoms with Crippen LogP contribution in [0.3, 0.4) is 0 Å². The van der Waals surface area contributed by atoms with Crippen molar-refractivity contribution in [2.75, 3.05) is 19.7 Å². The molecule has 2 aliphatic heterocycles. The molecule has 10 nitrogen and oxygen atoms in total. The van der Waals surface area contributed by atoms with E-state index in [0.717, 1.165) is 6.26 Å². The zero-order chi connectivity index (χ0) is 29.2. The highest BCUT2D eigenvalue weighted by Crippen LogP contribution is 2.27. The van der Waals surface area contributed by atoms with Gasteiger partial charge in [0, 0.05) is 32.0 Å². The SMILES string of the molecule is CC1=C\[C@@H](O)C[C@@H](F)Cc2nc(co2)C(=O)N2CCC[C@@H]2C(=O)O[C@H](C(C)C)[C@H](CCO)/C=C/C(=O)NC\C=C\1. The van der Waals surface area contributed by atoms with Crippen molar-refractivity contribution in [1.82, 2.24) is 15.2 Å². The molecular formula is C29H40FN3O7. The first-order chi connectivity index (χ1) is 19.1. The van der Waals surface area contributed by atoms with E-state index < -0.39 is 42.2 Å². The predicted molar refractivity (Wildman–Crippen MR) is 145 cm³/mol. The second kappa shape index (κ2) is 14.9. The number of halogens is 1. The molecule has 220 valence electrons. The van der Waals surface area contributed by atoms with Gasteiger partial charge in [0.1, 0.15) is 24.6 Å². The Labute approximate surface area is 234 Å². The lowest BCUT2D eigenvalue weighted by Crippen LogP contribution is -2.44. The monoisotopic (exact) mass is 561 g/mol. The minimum atomic E-state index is -1.47. The third-order valence-electron chi connectivity index (χ3n) is 6.97. The molecule has 0 radical (unpaired) electrons. The molecule has 3 rings (SSSR count). The Morgan fingerprint density at radius 3 is 2.75 bits per heavy atom. The number of nitrogens with one attached hydrogen (secondary N) is 1. The molecule has 1 aromatic heterocycles. The fourth-order valence-electron chi connectivity index (χ4n) is 4.99. The molecule has 3 N–H and O–H groups in total. The van der Waals surface area contributed by atoms with Gasteiger partial charge in [-0.3, -0.25) is 9.59 Å². The molecule has 0 saturated carbocycles. The Morgan fingerprint density at radius 2 is 2.02 bits per heavy atom. The molecule has 11 heteroatoms. The van der Waals surface area contributed by atoms with Crippen LogP contribution < -0.4 is 5.32 Å². The summed E-state index contributed by atoms with van der Waals surface area (Å²) in [5.74, 6) is -1.99. The van der Waals surface area contributed by atoms with Crippen LogP contribution >= 0.6 is 0 Å². The Balaban J connectivity index is 1.89. The summed E-state index contributed by atoms with van der Waals surface area (Å²) in [7, 11) is 0. The van der Waals surface area contributed by atoms with Crippen LogP contribution in [0.4, 0.5) is 4.39 Å². The van der Waals surface area contributed by atoms with Crippen molar-refractivity contribution in [1.29, 1.82) is 0 Å². The third-order valence-corrected chi connectivity index (χ3v) is 6.97. The zero-order valence-corrected chi connectivity index (χ0v) is 23.3. The number of esters is 1. The van der Waals surface area contributed by atoms with Gasteiger partial charge in [0.15, 0.2) is 11.6 Å². The lowest BCUT2D eigenvalue weighted by Gasteiger charge is -2.30. The number of ether oxygens (including phenoxy) is 1. The number of nitrogens with zero attached hydrogens (tertiary/aromatic N) is 2. The number of carbonyl (C=O) groups is 3. The summed E-state index contributed by atoms with van der Waals surface area (Å²) in [6, 6.07) is -0.830. The van der Waals surface area contributed by atoms with Crippen molar-refractivity contribution < 1.29 is 38.1 Å². The van der Waals surface area contributed by atoms with Crippen molar-refractivity contribution in [3.8, 4) is 0 Å². The van der Waals surface area contributed by atoms with Gasteiger partial charge in [-0.05, 0) is 38.2 Å². The number of amides is 2. The molecular weight excluding hydrogens is 521 g/mol. The number of allylic oxidation sites excluding steroid dienone is 2. The number of aromatic nitrogens is 1. The number of rotatable bonds is 3. The smallest absolute Gasteiger partial charge is 0.329 e. The fraction of sp³-hybridized carbons (Fsp3) is 0.586. The van der Waals surface area contributed by atoms with E-state index in [9.17, 15) is 29.0 Å². The van der Waals surface area contributed by atoms with Gasteiger partial charge in [0.25, 0.3) is 5.91 Å². The molecule has 40 heavy (non-hydrogen) atoms. The molecule has 0 spiro atoms. The maximum absolute atomic E-state index is 14.6. The normalized spacial score (nSPS) is 30.7. The van der Waals surface area contributed by atoms with Crippen LogP contribution in [0.2, 0.25) is 0 Å². The number of carbonyl (C=O) groups excluding carboxylic acids is 3. The summed E-state index contributed by atoms with van der Waals surface area (Å²) < 4.78 is 25.9. The predicted octanol–water partition coefficient (Wildman–Crippen LogP) is 2.67. The highest BCUT2D eigenvalue weighted by atomic mass is 19.1. The molecule has 2 aliphatic rings. The average Bonchev–Trinajstić information content (AvgIpc) is 3.56. The van der Waals surface area contributed by atoms with Gasteiger partial charge in [0.05, 0.1) is 12.5 Å². The van der Waals surface area contributed by atoms with Gasteiger partial charge < -0.3 is 29.6 Å². The van der Waals surface area contributed by atoms with Crippen LogP contribution in [0.1, 0.15) is 62.8 Å². The second-order valence-corrected chi connectivity index (χ2v) is 10.6. The van der Waals surface area contributed by atoms with Crippen LogP contribution in [0, 0.1) is 11.8 Å². The molecule has 2 bridgehead atoms. The van der Waals surface area contributed by atoms with E-state index in [4.69, 9.17) is 9.15 Å². The molecule has 3 heterocycles. The van der Waals surface area contributed by atoms with Gasteiger partial charge in [-0.2, -0.15) is 0 Å². The van der Waals surface area contributed by atoms with Crippen LogP contribution in [-0.4, -0.2) is 82.0 Å². The molecule has 2 amide bonds. The number of alkyl halides is 1. The van der Waals surface area contributed by atoms with Crippen molar-refractivity contribution in [3.63, 3.8) is 0 Å². The summed E-state index contributed by atoms with van der Waals surface area (Å²) >= 11 is 0. The standard InChI is InChI=1S/C29H40FN3O7/c1-18(2)27-20(10-13-34)8-9-25(36)31-11-4-6-19(3)14-22(35)15-21(30)16-26-32-23(17-39-26)28(37)33-12-5-7-24(33)29(38)40-27/h4,6,8-9,14,17-18,20-22,24,27,34-35H,5,7,10-13,15-16H2,1-3H3,(H,31,36)/b6-4+,9-8+,19-14+/t20-,21+,22+,24+,27+/m0/s1. The maximum Gasteiger partial charge on any atom is 0.329 e. The summed E-state index contributed by atoms with van der Waals surface area (Å²) in [6.45, 7) is 5.90. The Bertz CT molecular complexity index is 1110. The lowest BCUT2D eigenvalue weighted by molar-refractivity contribution is -0.158. The van der Waals surface area contributed by atoms with Crippen LogP contribution in [0.25, 0.3) is 0 Å². The maximum atomic E-state index is 14.6. The van der Waals surface area contributed by atoms with Crippen LogP contribution in [0.5, 0.6) is 0 Å². The van der Waals surface area contributed by atoms with Gasteiger partial charge in [-0.25, -0.2) is 14.2 Å². The topological polar surface area (TPSA) is 142 Å². The number of hydrogen-bond acceptors (Lipinski definition) is 8. The zero-order valence-electron chi connectivity index (χ0n) is 23.3. The number of cyclic esters (lactones) is 1. The minimum absolute atomic E-state index is 0.0228. The van der Waals surface area contributed by atoms with Gasteiger partial charge in [-0.15, -0.1) is 0 Å². The number of oxazole rings is 1. The third kappa shape index (κ3) is 8.85. The first-order valence-electron chi connectivity index (χ1n) is 13.8. The van der Waals surface area contributed by atoms with E-state index in [1.54, 1.807) is 25.2 Å². The first kappa shape index (κ1) is 31.2. The van der Waals surface area contributed by atoms with E-state index in [1.807, 2.05) is 13.8 Å². The molecule has 1 fully saturated rings. The van der Waals surface area contributed by atoms with Gasteiger partial charge in [0.2, 0.25) is 5.91 Å². The number of hydrogen-bond donors (Lipinski definition) is 3. The number of aliphatic hydroxyl groups is 2. The Morgan fingerprint density at radius 1 is 1.25 bits per heavy atom. The molecule has 0 aliphatic carbocycles. The summed E-state index contributed by atoms with van der Waals surface area (Å²) in [5, 5.41) is 22.6. The lowest BCUT2D eigenvalue weighted by atomic mass is 9.90. The fourth-order valence-corrected chi connectivity index (χ4v) is 4.99. The highest BCUT2D eigenvalue weighted by molar-refractivity contribution is 5.95. The van der Waals surface area contributed by atoms with Crippen molar-refractivity contribution in [3.05, 3.63) is 53.8 Å². The van der Waals surface area contributed by atoms with Crippen molar-refractivity contribution in [2.45, 2.75) is 77.3 Å². The molecule has 0 unspecified atom stereocenters. The van der Waals surface area contributed by atoms with Gasteiger partial charge in [-0.1, -0.05) is 43.7 Å². The van der Waals surface area contributed by atoms with Crippen molar-refractivity contribution >= 4 is 17.8 Å². The number of fused-ring (bicyclic) bond motifs is 3. The summed E-state index contributed by atoms with van der Waals surface area (Å²) in [6.07, 6.45) is 6.77. The van der Waals surface area contributed by atoms with Crippen molar-refractivity contribution in [2.24, 2.45) is 11.8 Å². The first-order valence-corrected chi connectivity index (χ1v) is 13.8. The van der Waals surface area contributed by atoms with E-state index >= 15 is 0 Å². The molecule has 0 aromatic carbocycles. The average molecular weight is 562 g/mol. The minimum Gasteiger partial charge on any atom is -0.460 e.